The first-order valence-electron chi connectivity index (χ1n) is 11.2. The van der Waals surface area contributed by atoms with Crippen LogP contribution in [0.1, 0.15) is 96.8 Å². The molecule has 0 aromatic carbocycles. The zero-order valence-electron chi connectivity index (χ0n) is 17.8. The smallest absolute Gasteiger partial charge is 0.335 e. The highest BCUT2D eigenvalue weighted by molar-refractivity contribution is 7.47. The number of rotatable bonds is 20. The number of imidazole rings is 1. The summed E-state index contributed by atoms with van der Waals surface area (Å²) in [4.78, 5) is 13.5. The zero-order valence-corrected chi connectivity index (χ0v) is 18.7. The summed E-state index contributed by atoms with van der Waals surface area (Å²) in [5.74, 6) is 0. The van der Waals surface area contributed by atoms with Crippen LogP contribution in [0, 0.1) is 0 Å². The highest BCUT2D eigenvalue weighted by Gasteiger charge is 2.20. The van der Waals surface area contributed by atoms with Gasteiger partial charge >= 0.3 is 7.82 Å². The highest BCUT2D eigenvalue weighted by Crippen LogP contribution is 2.43. The van der Waals surface area contributed by atoms with E-state index in [4.69, 9.17) is 9.05 Å². The fourth-order valence-electron chi connectivity index (χ4n) is 3.19. The van der Waals surface area contributed by atoms with E-state index >= 15 is 0 Å². The topological polar surface area (TPSA) is 73.6 Å². The first-order valence-corrected chi connectivity index (χ1v) is 12.7. The lowest BCUT2D eigenvalue weighted by Crippen LogP contribution is -2.04. The normalized spacial score (nSPS) is 13.6. The van der Waals surface area contributed by atoms with Crippen molar-refractivity contribution in [3.05, 3.63) is 18.7 Å². The van der Waals surface area contributed by atoms with Crippen molar-refractivity contribution in [1.82, 2.24) is 9.55 Å². The molecule has 1 heterocycles. The molecule has 0 aliphatic carbocycles. The number of nitrogens with zero attached hydrogens (tertiary/aromatic N) is 2. The van der Waals surface area contributed by atoms with Gasteiger partial charge in [0.2, 0.25) is 0 Å². The maximum absolute atomic E-state index is 11.8. The maximum Gasteiger partial charge on any atom is 0.472 e. The fraction of sp³-hybridized carbons (Fsp3) is 0.857. The Labute approximate surface area is 171 Å². The predicted octanol–water partition coefficient (Wildman–Crippen LogP) is 6.50. The van der Waals surface area contributed by atoms with E-state index in [2.05, 4.69) is 11.9 Å². The zero-order chi connectivity index (χ0) is 20.3. The van der Waals surface area contributed by atoms with Gasteiger partial charge in [0.25, 0.3) is 0 Å². The van der Waals surface area contributed by atoms with Crippen molar-refractivity contribution in [2.24, 2.45) is 0 Å². The van der Waals surface area contributed by atoms with Crippen molar-refractivity contribution in [2.75, 3.05) is 13.2 Å². The second-order valence-corrected chi connectivity index (χ2v) is 8.99. The molecule has 0 fully saturated rings. The Kier molecular flexibility index (Phi) is 15.6. The summed E-state index contributed by atoms with van der Waals surface area (Å²) in [6.07, 6.45) is 23.0. The minimum absolute atomic E-state index is 0.128. The molecule has 0 saturated carbocycles. The number of hydrogen-bond donors (Lipinski definition) is 1. The molecule has 1 atom stereocenters. The lowest BCUT2D eigenvalue weighted by atomic mass is 10.0. The molecule has 1 aromatic rings. The van der Waals surface area contributed by atoms with Gasteiger partial charge in [-0.2, -0.15) is 0 Å². The molecule has 1 rings (SSSR count). The number of unbranched alkanes of at least 4 members (excludes halogenated alkanes) is 13. The van der Waals surface area contributed by atoms with Gasteiger partial charge < -0.3 is 9.46 Å². The molecule has 0 saturated heterocycles. The molecule has 7 heteroatoms. The quantitative estimate of drug-likeness (QED) is 0.194. The van der Waals surface area contributed by atoms with E-state index in [-0.39, 0.29) is 13.2 Å². The van der Waals surface area contributed by atoms with Gasteiger partial charge in [0.1, 0.15) is 0 Å². The summed E-state index contributed by atoms with van der Waals surface area (Å²) < 4.78 is 23.5. The van der Waals surface area contributed by atoms with Crippen LogP contribution in [0.5, 0.6) is 0 Å². The summed E-state index contributed by atoms with van der Waals surface area (Å²) in [5, 5.41) is 0. The summed E-state index contributed by atoms with van der Waals surface area (Å²) in [6, 6.07) is 0. The van der Waals surface area contributed by atoms with Crippen molar-refractivity contribution < 1.29 is 18.5 Å². The third-order valence-electron chi connectivity index (χ3n) is 4.92. The fourth-order valence-corrected chi connectivity index (χ4v) is 3.94. The molecule has 28 heavy (non-hydrogen) atoms. The SMILES string of the molecule is CCCCCCCCCCCCCCCCOP(=O)(O)OCCn1ccnc1. The number of aromatic nitrogens is 2. The minimum Gasteiger partial charge on any atom is -0.335 e. The van der Waals surface area contributed by atoms with Gasteiger partial charge in [0.15, 0.2) is 0 Å². The Morgan fingerprint density at radius 1 is 0.821 bits per heavy atom. The second kappa shape index (κ2) is 17.2. The molecule has 1 aromatic heterocycles. The standard InChI is InChI=1S/C21H41N2O4P/c1-2-3-4-5-6-7-8-9-10-11-12-13-14-15-19-26-28(24,25)27-20-18-23-17-16-22-21-23/h16-17,21H,2-15,18-20H2,1H3,(H,24,25). The van der Waals surface area contributed by atoms with Crippen LogP contribution >= 0.6 is 7.82 Å². The first kappa shape index (κ1) is 25.4. The highest BCUT2D eigenvalue weighted by atomic mass is 31.2. The molecule has 0 spiro atoms. The van der Waals surface area contributed by atoms with E-state index in [0.717, 1.165) is 19.3 Å². The Morgan fingerprint density at radius 2 is 1.32 bits per heavy atom. The van der Waals surface area contributed by atoms with Crippen LogP contribution in [0.15, 0.2) is 18.7 Å². The van der Waals surface area contributed by atoms with Gasteiger partial charge in [-0.3, -0.25) is 9.05 Å². The first-order chi connectivity index (χ1) is 13.6. The third kappa shape index (κ3) is 15.3. The van der Waals surface area contributed by atoms with Crippen molar-refractivity contribution in [2.45, 2.75) is 103 Å². The van der Waals surface area contributed by atoms with Crippen molar-refractivity contribution in [1.29, 1.82) is 0 Å². The van der Waals surface area contributed by atoms with E-state index < -0.39 is 7.82 Å². The van der Waals surface area contributed by atoms with Crippen molar-refractivity contribution >= 4 is 7.82 Å². The summed E-state index contributed by atoms with van der Waals surface area (Å²) in [5.41, 5.74) is 0. The van der Waals surface area contributed by atoms with E-state index in [1.165, 1.54) is 70.6 Å². The molecule has 1 unspecified atom stereocenters. The molecule has 0 bridgehead atoms. The maximum atomic E-state index is 11.8. The predicted molar refractivity (Wildman–Crippen MR) is 114 cm³/mol. The van der Waals surface area contributed by atoms with E-state index in [1.807, 2.05) is 0 Å². The van der Waals surface area contributed by atoms with Crippen LogP contribution in [0.3, 0.4) is 0 Å². The summed E-state index contributed by atoms with van der Waals surface area (Å²) in [7, 11) is -3.93. The van der Waals surface area contributed by atoms with Crippen LogP contribution in [-0.2, 0) is 20.2 Å². The molecular formula is C21H41N2O4P. The lowest BCUT2D eigenvalue weighted by Gasteiger charge is -2.12. The molecule has 0 aliphatic rings. The molecule has 0 aliphatic heterocycles. The van der Waals surface area contributed by atoms with E-state index in [1.54, 1.807) is 23.3 Å². The van der Waals surface area contributed by atoms with Crippen LogP contribution in [0.4, 0.5) is 0 Å². The Hall–Kier alpha value is -0.680. The minimum atomic E-state index is -3.93. The average molecular weight is 417 g/mol. The Balaban J connectivity index is 1.81. The molecule has 0 amide bonds. The molecular weight excluding hydrogens is 375 g/mol. The number of phosphoric acid groups is 1. The monoisotopic (exact) mass is 416 g/mol. The largest absolute Gasteiger partial charge is 0.472 e. The lowest BCUT2D eigenvalue weighted by molar-refractivity contribution is 0.143. The average Bonchev–Trinajstić information content (AvgIpc) is 3.18. The van der Waals surface area contributed by atoms with Crippen LogP contribution < -0.4 is 0 Å². The van der Waals surface area contributed by atoms with E-state index in [9.17, 15) is 9.46 Å². The van der Waals surface area contributed by atoms with Gasteiger partial charge in [0, 0.05) is 18.9 Å². The van der Waals surface area contributed by atoms with Crippen LogP contribution in [-0.4, -0.2) is 27.7 Å². The van der Waals surface area contributed by atoms with Gasteiger partial charge in [-0.1, -0.05) is 90.4 Å². The van der Waals surface area contributed by atoms with Crippen LogP contribution in [0.2, 0.25) is 0 Å². The van der Waals surface area contributed by atoms with Gasteiger partial charge in [-0.25, -0.2) is 9.55 Å². The van der Waals surface area contributed by atoms with Crippen LogP contribution in [0.25, 0.3) is 0 Å². The van der Waals surface area contributed by atoms with Gasteiger partial charge in [-0.05, 0) is 6.42 Å². The Morgan fingerprint density at radius 3 is 1.82 bits per heavy atom. The van der Waals surface area contributed by atoms with Crippen molar-refractivity contribution in [3.63, 3.8) is 0 Å². The summed E-state index contributed by atoms with van der Waals surface area (Å²) >= 11 is 0. The molecule has 1 N–H and O–H groups in total. The third-order valence-corrected chi connectivity index (χ3v) is 5.93. The second-order valence-electron chi connectivity index (χ2n) is 7.53. The van der Waals surface area contributed by atoms with Gasteiger partial charge in [0.05, 0.1) is 19.5 Å². The molecule has 6 nitrogen and oxygen atoms in total. The number of phosphoric ester groups is 1. The Bertz CT molecular complexity index is 497. The number of hydrogen-bond acceptors (Lipinski definition) is 4. The molecule has 0 radical (unpaired) electrons. The van der Waals surface area contributed by atoms with Crippen molar-refractivity contribution in [3.8, 4) is 0 Å². The summed E-state index contributed by atoms with van der Waals surface area (Å²) in [6.45, 7) is 3.14. The van der Waals surface area contributed by atoms with Gasteiger partial charge in [-0.15, -0.1) is 0 Å². The van der Waals surface area contributed by atoms with E-state index in [0.29, 0.717) is 6.54 Å². The molecule has 164 valence electrons.